The Hall–Kier alpha value is -1.90. The molecule has 2 aromatic rings. The summed E-state index contributed by atoms with van der Waals surface area (Å²) in [4.78, 5) is 16.5. The predicted octanol–water partition coefficient (Wildman–Crippen LogP) is 3.69. The Bertz CT molecular complexity index is 907. The molecule has 1 aromatic heterocycles. The minimum atomic E-state index is -3.50. The lowest BCUT2D eigenvalue weighted by Gasteiger charge is -2.19. The molecule has 1 fully saturated rings. The first kappa shape index (κ1) is 20.8. The zero-order valence-corrected chi connectivity index (χ0v) is 17.6. The van der Waals surface area contributed by atoms with Gasteiger partial charge in [-0.2, -0.15) is 4.31 Å². The van der Waals surface area contributed by atoms with E-state index in [-0.39, 0.29) is 16.6 Å². The third kappa shape index (κ3) is 5.56. The van der Waals surface area contributed by atoms with E-state index in [0.29, 0.717) is 18.1 Å². The lowest BCUT2D eigenvalue weighted by atomic mass is 10.2. The molecule has 1 aromatic carbocycles. The van der Waals surface area contributed by atoms with E-state index in [2.05, 4.69) is 10.3 Å². The molecule has 28 heavy (non-hydrogen) atoms. The Morgan fingerprint density at radius 2 is 1.89 bits per heavy atom. The van der Waals surface area contributed by atoms with Crippen LogP contribution < -0.4 is 5.32 Å². The molecule has 0 unspecified atom stereocenters. The highest BCUT2D eigenvalue weighted by atomic mass is 32.2. The van der Waals surface area contributed by atoms with Gasteiger partial charge in [0.1, 0.15) is 4.90 Å². The SMILES string of the molecule is Cc1cccc(NC(=O)CSc2ccc(S(=O)(=O)N3CCCCCC3)cn2)c1. The molecule has 0 aliphatic carbocycles. The number of nitrogens with one attached hydrogen (secondary N) is 1. The molecule has 0 spiro atoms. The van der Waals surface area contributed by atoms with Crippen LogP contribution in [0.1, 0.15) is 31.2 Å². The van der Waals surface area contributed by atoms with Crippen molar-refractivity contribution in [2.45, 2.75) is 42.5 Å². The Kier molecular flexibility index (Phi) is 7.09. The Morgan fingerprint density at radius 1 is 1.14 bits per heavy atom. The predicted molar refractivity (Wildman–Crippen MR) is 112 cm³/mol. The fourth-order valence-corrected chi connectivity index (χ4v) is 5.20. The third-order valence-electron chi connectivity index (χ3n) is 4.56. The number of thioether (sulfide) groups is 1. The largest absolute Gasteiger partial charge is 0.325 e. The van der Waals surface area contributed by atoms with Crippen molar-refractivity contribution >= 4 is 33.4 Å². The van der Waals surface area contributed by atoms with Gasteiger partial charge in [0.05, 0.1) is 10.8 Å². The Balaban J connectivity index is 1.57. The standard InChI is InChI=1S/C20H25N3O3S2/c1-16-7-6-8-17(13-16)22-19(24)15-27-20-10-9-18(14-21-20)28(25,26)23-11-4-2-3-5-12-23/h6-10,13-14H,2-5,11-12,15H2,1H3,(H,22,24). The number of hydrogen-bond acceptors (Lipinski definition) is 5. The number of carbonyl (C=O) groups is 1. The van der Waals surface area contributed by atoms with E-state index in [1.807, 2.05) is 31.2 Å². The smallest absolute Gasteiger partial charge is 0.244 e. The normalized spacial score (nSPS) is 15.8. The summed E-state index contributed by atoms with van der Waals surface area (Å²) in [6, 6.07) is 10.8. The van der Waals surface area contributed by atoms with Gasteiger partial charge in [0.2, 0.25) is 15.9 Å². The first-order valence-electron chi connectivity index (χ1n) is 9.41. The summed E-state index contributed by atoms with van der Waals surface area (Å²) in [5.74, 6) is 0.0813. The summed E-state index contributed by atoms with van der Waals surface area (Å²) in [6.07, 6.45) is 5.34. The first-order chi connectivity index (χ1) is 13.4. The van der Waals surface area contributed by atoms with Crippen LogP contribution in [0.15, 0.2) is 52.5 Å². The molecule has 0 saturated carbocycles. The molecule has 1 saturated heterocycles. The summed E-state index contributed by atoms with van der Waals surface area (Å²) in [6.45, 7) is 3.10. The molecule has 0 bridgehead atoms. The van der Waals surface area contributed by atoms with Crippen LogP contribution in [0.4, 0.5) is 5.69 Å². The van der Waals surface area contributed by atoms with Crippen molar-refractivity contribution in [1.29, 1.82) is 0 Å². The lowest BCUT2D eigenvalue weighted by molar-refractivity contribution is -0.113. The first-order valence-corrected chi connectivity index (χ1v) is 11.8. The summed E-state index contributed by atoms with van der Waals surface area (Å²) < 4.78 is 27.1. The van der Waals surface area contributed by atoms with Crippen molar-refractivity contribution in [1.82, 2.24) is 9.29 Å². The zero-order valence-electron chi connectivity index (χ0n) is 15.9. The van der Waals surface area contributed by atoms with Gasteiger partial charge in [0, 0.05) is 25.0 Å². The molecular formula is C20H25N3O3S2. The van der Waals surface area contributed by atoms with E-state index in [9.17, 15) is 13.2 Å². The number of carbonyl (C=O) groups excluding carboxylic acids is 1. The van der Waals surface area contributed by atoms with Crippen LogP contribution in [0.2, 0.25) is 0 Å². The average molecular weight is 420 g/mol. The molecule has 3 rings (SSSR count). The Morgan fingerprint density at radius 3 is 2.54 bits per heavy atom. The zero-order chi connectivity index (χ0) is 20.0. The molecule has 8 heteroatoms. The number of aromatic nitrogens is 1. The van der Waals surface area contributed by atoms with E-state index in [1.54, 1.807) is 16.4 Å². The second kappa shape index (κ2) is 9.54. The van der Waals surface area contributed by atoms with Crippen LogP contribution in [-0.2, 0) is 14.8 Å². The molecule has 0 atom stereocenters. The monoisotopic (exact) mass is 419 g/mol. The molecule has 1 amide bonds. The maximum atomic E-state index is 12.8. The van der Waals surface area contributed by atoms with Crippen molar-refractivity contribution in [2.24, 2.45) is 0 Å². The number of sulfonamides is 1. The van der Waals surface area contributed by atoms with Crippen LogP contribution in [0, 0.1) is 6.92 Å². The number of hydrogen-bond donors (Lipinski definition) is 1. The highest BCUT2D eigenvalue weighted by Gasteiger charge is 2.25. The number of anilines is 1. The third-order valence-corrected chi connectivity index (χ3v) is 7.39. The molecule has 2 heterocycles. The van der Waals surface area contributed by atoms with Gasteiger partial charge in [-0.1, -0.05) is 36.7 Å². The lowest BCUT2D eigenvalue weighted by Crippen LogP contribution is -2.32. The number of benzene rings is 1. The summed E-state index contributed by atoms with van der Waals surface area (Å²) in [5, 5.41) is 3.47. The highest BCUT2D eigenvalue weighted by Crippen LogP contribution is 2.22. The van der Waals surface area contributed by atoms with Crippen LogP contribution in [0.5, 0.6) is 0 Å². The fraction of sp³-hybridized carbons (Fsp3) is 0.400. The van der Waals surface area contributed by atoms with Crippen molar-refractivity contribution in [3.05, 3.63) is 48.2 Å². The van der Waals surface area contributed by atoms with E-state index in [0.717, 1.165) is 36.9 Å². The summed E-state index contributed by atoms with van der Waals surface area (Å²) in [7, 11) is -3.50. The summed E-state index contributed by atoms with van der Waals surface area (Å²) >= 11 is 1.28. The maximum Gasteiger partial charge on any atom is 0.244 e. The van der Waals surface area contributed by atoms with Gasteiger partial charge in [-0.25, -0.2) is 13.4 Å². The minimum Gasteiger partial charge on any atom is -0.325 e. The highest BCUT2D eigenvalue weighted by molar-refractivity contribution is 7.99. The summed E-state index contributed by atoms with van der Waals surface area (Å²) in [5.41, 5.74) is 1.84. The van der Waals surface area contributed by atoms with Gasteiger partial charge in [-0.05, 0) is 49.6 Å². The van der Waals surface area contributed by atoms with Crippen LogP contribution in [0.3, 0.4) is 0 Å². The van der Waals surface area contributed by atoms with Gasteiger partial charge >= 0.3 is 0 Å². The molecule has 0 radical (unpaired) electrons. The second-order valence-corrected chi connectivity index (χ2v) is 9.79. The van der Waals surface area contributed by atoms with Gasteiger partial charge in [0.15, 0.2) is 0 Å². The molecular weight excluding hydrogens is 394 g/mol. The molecule has 150 valence electrons. The quantitative estimate of drug-likeness (QED) is 0.723. The van der Waals surface area contributed by atoms with Crippen molar-refractivity contribution in [2.75, 3.05) is 24.2 Å². The number of amides is 1. The van der Waals surface area contributed by atoms with E-state index < -0.39 is 10.0 Å². The van der Waals surface area contributed by atoms with Crippen molar-refractivity contribution in [3.63, 3.8) is 0 Å². The number of rotatable bonds is 6. The number of pyridine rings is 1. The van der Waals surface area contributed by atoms with E-state index in [1.165, 1.54) is 18.0 Å². The van der Waals surface area contributed by atoms with Gasteiger partial charge in [-0.15, -0.1) is 0 Å². The minimum absolute atomic E-state index is 0.126. The van der Waals surface area contributed by atoms with Gasteiger partial charge < -0.3 is 5.32 Å². The van der Waals surface area contributed by atoms with Crippen molar-refractivity contribution < 1.29 is 13.2 Å². The average Bonchev–Trinajstić information content (AvgIpc) is 2.97. The van der Waals surface area contributed by atoms with Gasteiger partial charge in [0.25, 0.3) is 0 Å². The molecule has 1 aliphatic heterocycles. The van der Waals surface area contributed by atoms with E-state index in [4.69, 9.17) is 0 Å². The van der Waals surface area contributed by atoms with Crippen LogP contribution in [-0.4, -0.2) is 42.5 Å². The van der Waals surface area contributed by atoms with Crippen molar-refractivity contribution in [3.8, 4) is 0 Å². The number of nitrogens with zero attached hydrogens (tertiary/aromatic N) is 2. The van der Waals surface area contributed by atoms with Gasteiger partial charge in [-0.3, -0.25) is 4.79 Å². The molecule has 1 aliphatic rings. The van der Waals surface area contributed by atoms with E-state index >= 15 is 0 Å². The topological polar surface area (TPSA) is 79.4 Å². The van der Waals surface area contributed by atoms with Crippen LogP contribution in [0.25, 0.3) is 0 Å². The second-order valence-electron chi connectivity index (χ2n) is 6.86. The van der Waals surface area contributed by atoms with Crippen LogP contribution >= 0.6 is 11.8 Å². The number of aryl methyl sites for hydroxylation is 1. The molecule has 1 N–H and O–H groups in total. The molecule has 6 nitrogen and oxygen atoms in total. The Labute approximate surface area is 170 Å². The fourth-order valence-electron chi connectivity index (χ4n) is 3.10. The maximum absolute atomic E-state index is 12.8.